The normalized spacial score (nSPS) is 16.0. The average Bonchev–Trinajstić information content (AvgIpc) is 2.79. The van der Waals surface area contributed by atoms with E-state index in [1.54, 1.807) is 0 Å². The third kappa shape index (κ3) is 4.73. The van der Waals surface area contributed by atoms with Crippen LogP contribution in [0.5, 0.6) is 11.5 Å². The summed E-state index contributed by atoms with van der Waals surface area (Å²) < 4.78 is 5.93. The highest BCUT2D eigenvalue weighted by Crippen LogP contribution is 2.38. The number of thioether (sulfide) groups is 1. The predicted molar refractivity (Wildman–Crippen MR) is 119 cm³/mol. The number of carbonyl (C=O) groups is 1. The van der Waals surface area contributed by atoms with Crippen molar-refractivity contribution in [3.8, 4) is 17.6 Å². The lowest BCUT2D eigenvalue weighted by molar-refractivity contribution is -0.120. The van der Waals surface area contributed by atoms with Crippen molar-refractivity contribution >= 4 is 17.7 Å². The first-order chi connectivity index (χ1) is 14.7. The first-order valence-corrected chi connectivity index (χ1v) is 10.6. The maximum atomic E-state index is 12.4. The van der Waals surface area contributed by atoms with Crippen LogP contribution in [-0.2, 0) is 10.5 Å². The zero-order chi connectivity index (χ0) is 20.8. The van der Waals surface area contributed by atoms with Gasteiger partial charge in [-0.05, 0) is 35.4 Å². The maximum absolute atomic E-state index is 12.4. The Labute approximate surface area is 180 Å². The largest absolute Gasteiger partial charge is 0.457 e. The summed E-state index contributed by atoms with van der Waals surface area (Å²) in [4.78, 5) is 12.4. The standard InChI is InChI=1S/C25H20N2O2S/c26-16-23-22(15-24(28)27-25(23)30-17-18-8-3-1-4-9-18)19-10-7-13-21(14-19)29-20-11-5-2-6-12-20/h1-14,22H,15,17H2,(H,27,28). The van der Waals surface area contributed by atoms with Gasteiger partial charge in [-0.15, -0.1) is 11.8 Å². The monoisotopic (exact) mass is 412 g/mol. The fourth-order valence-electron chi connectivity index (χ4n) is 3.37. The van der Waals surface area contributed by atoms with Gasteiger partial charge >= 0.3 is 0 Å². The highest BCUT2D eigenvalue weighted by molar-refractivity contribution is 8.02. The molecular formula is C25H20N2O2S. The number of carbonyl (C=O) groups excluding carboxylic acids is 1. The van der Waals surface area contributed by atoms with Crippen LogP contribution in [0.25, 0.3) is 0 Å². The topological polar surface area (TPSA) is 62.1 Å². The number of rotatable bonds is 6. The van der Waals surface area contributed by atoms with E-state index in [0.717, 1.165) is 16.9 Å². The number of ether oxygens (including phenoxy) is 1. The second kappa shape index (κ2) is 9.34. The summed E-state index contributed by atoms with van der Waals surface area (Å²) in [6.45, 7) is 0. The van der Waals surface area contributed by atoms with E-state index < -0.39 is 0 Å². The third-order valence-electron chi connectivity index (χ3n) is 4.82. The summed E-state index contributed by atoms with van der Waals surface area (Å²) in [5.41, 5.74) is 2.63. The van der Waals surface area contributed by atoms with E-state index in [2.05, 4.69) is 11.4 Å². The minimum atomic E-state index is -0.290. The first-order valence-electron chi connectivity index (χ1n) is 9.66. The molecule has 5 heteroatoms. The Kier molecular flexibility index (Phi) is 6.17. The Morgan fingerprint density at radius 1 is 0.967 bits per heavy atom. The lowest BCUT2D eigenvalue weighted by Gasteiger charge is -2.25. The SMILES string of the molecule is N#CC1=C(SCc2ccccc2)NC(=O)CC1c1cccc(Oc2ccccc2)c1. The minimum absolute atomic E-state index is 0.0797. The maximum Gasteiger partial charge on any atom is 0.225 e. The molecule has 30 heavy (non-hydrogen) atoms. The molecule has 0 spiro atoms. The summed E-state index contributed by atoms with van der Waals surface area (Å²) in [5.74, 6) is 1.74. The molecule has 1 amide bonds. The van der Waals surface area contributed by atoms with Crippen molar-refractivity contribution in [2.24, 2.45) is 0 Å². The van der Waals surface area contributed by atoms with Gasteiger partial charge in [0.2, 0.25) is 5.91 Å². The third-order valence-corrected chi connectivity index (χ3v) is 5.91. The van der Waals surface area contributed by atoms with Crippen LogP contribution in [0.15, 0.2) is 95.5 Å². The Balaban J connectivity index is 1.59. The highest BCUT2D eigenvalue weighted by Gasteiger charge is 2.29. The highest BCUT2D eigenvalue weighted by atomic mass is 32.2. The average molecular weight is 413 g/mol. The molecule has 1 heterocycles. The smallest absolute Gasteiger partial charge is 0.225 e. The Morgan fingerprint density at radius 3 is 2.40 bits per heavy atom. The van der Waals surface area contributed by atoms with Crippen molar-refractivity contribution in [1.29, 1.82) is 5.26 Å². The molecule has 1 aliphatic rings. The van der Waals surface area contributed by atoms with Crippen molar-refractivity contribution in [3.05, 3.63) is 107 Å². The van der Waals surface area contributed by atoms with Gasteiger partial charge in [-0.1, -0.05) is 60.7 Å². The van der Waals surface area contributed by atoms with Gasteiger partial charge in [0.05, 0.1) is 16.7 Å². The van der Waals surface area contributed by atoms with E-state index in [1.165, 1.54) is 11.8 Å². The minimum Gasteiger partial charge on any atom is -0.457 e. The fourth-order valence-corrected chi connectivity index (χ4v) is 4.40. The molecule has 1 N–H and O–H groups in total. The van der Waals surface area contributed by atoms with Gasteiger partial charge in [0.15, 0.2) is 0 Å². The molecule has 0 aromatic heterocycles. The van der Waals surface area contributed by atoms with Crippen molar-refractivity contribution in [2.75, 3.05) is 0 Å². The zero-order valence-electron chi connectivity index (χ0n) is 16.2. The fraction of sp³-hybridized carbons (Fsp3) is 0.120. The number of allylic oxidation sites excluding steroid dienone is 1. The van der Waals surface area contributed by atoms with Gasteiger partial charge in [-0.25, -0.2) is 0 Å². The van der Waals surface area contributed by atoms with Crippen LogP contribution in [0.3, 0.4) is 0 Å². The summed E-state index contributed by atoms with van der Waals surface area (Å²) in [6, 6.07) is 29.5. The molecule has 0 saturated carbocycles. The van der Waals surface area contributed by atoms with Crippen LogP contribution in [-0.4, -0.2) is 5.91 Å². The summed E-state index contributed by atoms with van der Waals surface area (Å²) >= 11 is 1.49. The quantitative estimate of drug-likeness (QED) is 0.560. The van der Waals surface area contributed by atoms with Gasteiger partial charge in [0.1, 0.15) is 11.5 Å². The van der Waals surface area contributed by atoms with Gasteiger partial charge < -0.3 is 10.1 Å². The lowest BCUT2D eigenvalue weighted by Crippen LogP contribution is -2.30. The molecule has 0 fully saturated rings. The summed E-state index contributed by atoms with van der Waals surface area (Å²) in [5, 5.41) is 13.4. The number of hydrogen-bond acceptors (Lipinski definition) is 4. The van der Waals surface area contributed by atoms with E-state index in [-0.39, 0.29) is 18.2 Å². The molecule has 4 nitrogen and oxygen atoms in total. The molecule has 0 saturated heterocycles. The number of nitrogens with one attached hydrogen (secondary N) is 1. The molecule has 1 aliphatic heterocycles. The number of nitrogens with zero attached hydrogens (tertiary/aromatic N) is 1. The summed E-state index contributed by atoms with van der Waals surface area (Å²) in [7, 11) is 0. The number of nitriles is 1. The van der Waals surface area contributed by atoms with Crippen molar-refractivity contribution < 1.29 is 9.53 Å². The van der Waals surface area contributed by atoms with E-state index >= 15 is 0 Å². The first kappa shape index (κ1) is 19.8. The van der Waals surface area contributed by atoms with Crippen LogP contribution in [0.4, 0.5) is 0 Å². The van der Waals surface area contributed by atoms with Crippen LogP contribution in [0.2, 0.25) is 0 Å². The molecule has 0 radical (unpaired) electrons. The molecule has 0 bridgehead atoms. The predicted octanol–water partition coefficient (Wildman–Crippen LogP) is 5.75. The number of benzene rings is 3. The van der Waals surface area contributed by atoms with E-state index in [9.17, 15) is 10.1 Å². The molecule has 148 valence electrons. The van der Waals surface area contributed by atoms with E-state index in [0.29, 0.717) is 22.1 Å². The van der Waals surface area contributed by atoms with Crippen LogP contribution >= 0.6 is 11.8 Å². The van der Waals surface area contributed by atoms with Crippen LogP contribution in [0, 0.1) is 11.3 Å². The number of hydrogen-bond donors (Lipinski definition) is 1. The van der Waals surface area contributed by atoms with Crippen LogP contribution < -0.4 is 10.1 Å². The Morgan fingerprint density at radius 2 is 1.67 bits per heavy atom. The number of para-hydroxylation sites is 1. The zero-order valence-corrected chi connectivity index (χ0v) is 17.1. The second-order valence-electron chi connectivity index (χ2n) is 6.92. The van der Waals surface area contributed by atoms with Crippen molar-refractivity contribution in [2.45, 2.75) is 18.1 Å². The van der Waals surface area contributed by atoms with Crippen molar-refractivity contribution in [3.63, 3.8) is 0 Å². The van der Waals surface area contributed by atoms with Gasteiger partial charge in [-0.3, -0.25) is 4.79 Å². The second-order valence-corrected chi connectivity index (χ2v) is 7.91. The Hall–Kier alpha value is -3.49. The van der Waals surface area contributed by atoms with Gasteiger partial charge in [0.25, 0.3) is 0 Å². The van der Waals surface area contributed by atoms with Crippen molar-refractivity contribution in [1.82, 2.24) is 5.32 Å². The van der Waals surface area contributed by atoms with E-state index in [1.807, 2.05) is 84.9 Å². The molecule has 3 aromatic carbocycles. The molecule has 0 aliphatic carbocycles. The summed E-state index contributed by atoms with van der Waals surface area (Å²) in [6.07, 6.45) is 0.243. The molecule has 3 aromatic rings. The molecular weight excluding hydrogens is 392 g/mol. The molecule has 1 atom stereocenters. The lowest BCUT2D eigenvalue weighted by atomic mass is 9.87. The molecule has 4 rings (SSSR count). The van der Waals surface area contributed by atoms with Gasteiger partial charge in [-0.2, -0.15) is 5.26 Å². The van der Waals surface area contributed by atoms with Gasteiger partial charge in [0, 0.05) is 18.1 Å². The number of amides is 1. The van der Waals surface area contributed by atoms with Crippen LogP contribution in [0.1, 0.15) is 23.5 Å². The Bertz CT molecular complexity index is 1100. The van der Waals surface area contributed by atoms with E-state index in [4.69, 9.17) is 4.74 Å². The molecule has 1 unspecified atom stereocenters.